The van der Waals surface area contributed by atoms with Gasteiger partial charge in [-0.05, 0) is 30.9 Å². The molecule has 1 aliphatic rings. The third-order valence-corrected chi connectivity index (χ3v) is 2.72. The topological polar surface area (TPSA) is 0 Å². The maximum atomic E-state index is 13.4. The molecule has 0 amide bonds. The van der Waals surface area contributed by atoms with Gasteiger partial charge < -0.3 is 0 Å². The first kappa shape index (κ1) is 8.67. The summed E-state index contributed by atoms with van der Waals surface area (Å²) in [4.78, 5) is 0. The van der Waals surface area contributed by atoms with E-state index in [0.717, 1.165) is 17.5 Å². The van der Waals surface area contributed by atoms with E-state index >= 15 is 0 Å². The molecular weight excluding hydrogens is 170 g/mol. The van der Waals surface area contributed by atoms with E-state index in [-0.39, 0.29) is 12.0 Å². The molecule has 0 aliphatic heterocycles. The summed E-state index contributed by atoms with van der Waals surface area (Å²) in [5.74, 6) is -2.60. The highest BCUT2D eigenvalue weighted by Gasteiger charge is 2.36. The Bertz CT molecular complexity index is 329. The lowest BCUT2D eigenvalue weighted by molar-refractivity contribution is -0.0217. The molecule has 0 saturated carbocycles. The molecule has 1 aromatic rings. The van der Waals surface area contributed by atoms with Crippen LogP contribution in [0.1, 0.15) is 29.5 Å². The number of hydrogen-bond acceptors (Lipinski definition) is 0. The first-order valence-corrected chi connectivity index (χ1v) is 4.58. The Labute approximate surface area is 76.6 Å². The summed E-state index contributed by atoms with van der Waals surface area (Å²) in [6, 6.07) is 5.18. The van der Waals surface area contributed by atoms with E-state index in [2.05, 4.69) is 0 Å². The van der Waals surface area contributed by atoms with E-state index in [1.54, 1.807) is 12.1 Å². The Kier molecular flexibility index (Phi) is 1.86. The summed E-state index contributed by atoms with van der Waals surface area (Å²) >= 11 is 0. The van der Waals surface area contributed by atoms with Gasteiger partial charge in [0.25, 0.3) is 5.92 Å². The SMILES string of the molecule is Cc1cccc2c1CCCC2(F)F. The predicted molar refractivity (Wildman–Crippen MR) is 48.0 cm³/mol. The van der Waals surface area contributed by atoms with Crippen LogP contribution in [-0.4, -0.2) is 0 Å². The summed E-state index contributed by atoms with van der Waals surface area (Å²) in [5.41, 5.74) is 2.11. The molecule has 1 aliphatic carbocycles. The lowest BCUT2D eigenvalue weighted by atomic mass is 9.86. The van der Waals surface area contributed by atoms with Gasteiger partial charge in [-0.3, -0.25) is 0 Å². The monoisotopic (exact) mass is 182 g/mol. The van der Waals surface area contributed by atoms with Crippen molar-refractivity contribution in [3.8, 4) is 0 Å². The van der Waals surface area contributed by atoms with Gasteiger partial charge >= 0.3 is 0 Å². The minimum Gasteiger partial charge on any atom is -0.201 e. The lowest BCUT2D eigenvalue weighted by Gasteiger charge is -2.26. The van der Waals surface area contributed by atoms with Crippen molar-refractivity contribution in [2.45, 2.75) is 32.1 Å². The first-order valence-electron chi connectivity index (χ1n) is 4.58. The van der Waals surface area contributed by atoms with Crippen LogP contribution >= 0.6 is 0 Å². The molecule has 2 rings (SSSR count). The minimum atomic E-state index is -2.60. The van der Waals surface area contributed by atoms with Crippen LogP contribution < -0.4 is 0 Å². The largest absolute Gasteiger partial charge is 0.273 e. The molecule has 0 N–H and O–H groups in total. The summed E-state index contributed by atoms with van der Waals surface area (Å²) in [6.07, 6.45) is 1.41. The summed E-state index contributed by atoms with van der Waals surface area (Å²) in [7, 11) is 0. The normalized spacial score (nSPS) is 19.6. The Balaban J connectivity index is 2.58. The molecular formula is C11H12F2. The van der Waals surface area contributed by atoms with Crippen LogP contribution in [0.2, 0.25) is 0 Å². The quantitative estimate of drug-likeness (QED) is 0.576. The maximum Gasteiger partial charge on any atom is 0.273 e. The molecule has 13 heavy (non-hydrogen) atoms. The Morgan fingerprint density at radius 1 is 1.31 bits per heavy atom. The van der Waals surface area contributed by atoms with Crippen molar-refractivity contribution in [3.63, 3.8) is 0 Å². The highest BCUT2D eigenvalue weighted by Crippen LogP contribution is 2.40. The summed E-state index contributed by atoms with van der Waals surface area (Å²) < 4.78 is 26.8. The van der Waals surface area contributed by atoms with Crippen molar-refractivity contribution in [3.05, 3.63) is 34.9 Å². The van der Waals surface area contributed by atoms with Gasteiger partial charge in [0.2, 0.25) is 0 Å². The number of fused-ring (bicyclic) bond motifs is 1. The van der Waals surface area contributed by atoms with E-state index in [9.17, 15) is 8.78 Å². The van der Waals surface area contributed by atoms with Crippen molar-refractivity contribution >= 4 is 0 Å². The fraction of sp³-hybridized carbons (Fsp3) is 0.455. The highest BCUT2D eigenvalue weighted by atomic mass is 19.3. The highest BCUT2D eigenvalue weighted by molar-refractivity contribution is 5.38. The van der Waals surface area contributed by atoms with Gasteiger partial charge in [-0.25, -0.2) is 8.78 Å². The molecule has 0 spiro atoms. The standard InChI is InChI=1S/C11H12F2/c1-8-4-2-6-10-9(8)5-3-7-11(10,12)13/h2,4,6H,3,5,7H2,1H3. The van der Waals surface area contributed by atoms with Crippen LogP contribution in [0, 0.1) is 6.92 Å². The third kappa shape index (κ3) is 1.34. The Hall–Kier alpha value is -0.920. The average molecular weight is 182 g/mol. The second kappa shape index (κ2) is 2.79. The van der Waals surface area contributed by atoms with Crippen LogP contribution in [0.3, 0.4) is 0 Å². The van der Waals surface area contributed by atoms with Gasteiger partial charge in [0, 0.05) is 12.0 Å². The maximum absolute atomic E-state index is 13.4. The lowest BCUT2D eigenvalue weighted by Crippen LogP contribution is -2.21. The van der Waals surface area contributed by atoms with Gasteiger partial charge in [-0.15, -0.1) is 0 Å². The third-order valence-electron chi connectivity index (χ3n) is 2.72. The molecule has 70 valence electrons. The second-order valence-electron chi connectivity index (χ2n) is 3.66. The first-order chi connectivity index (χ1) is 6.11. The van der Waals surface area contributed by atoms with E-state index in [0.29, 0.717) is 6.42 Å². The van der Waals surface area contributed by atoms with Gasteiger partial charge in [-0.2, -0.15) is 0 Å². The second-order valence-corrected chi connectivity index (χ2v) is 3.66. The van der Waals surface area contributed by atoms with Crippen molar-refractivity contribution < 1.29 is 8.78 Å². The summed E-state index contributed by atoms with van der Waals surface area (Å²) in [5, 5.41) is 0. The molecule has 0 atom stereocenters. The smallest absolute Gasteiger partial charge is 0.201 e. The number of aryl methyl sites for hydroxylation is 1. The van der Waals surface area contributed by atoms with Gasteiger partial charge in [0.05, 0.1) is 0 Å². The Morgan fingerprint density at radius 2 is 2.08 bits per heavy atom. The van der Waals surface area contributed by atoms with E-state index in [1.807, 2.05) is 13.0 Å². The Morgan fingerprint density at radius 3 is 2.77 bits per heavy atom. The molecule has 0 aromatic heterocycles. The van der Waals surface area contributed by atoms with Crippen LogP contribution in [0.15, 0.2) is 18.2 Å². The molecule has 0 nitrogen and oxygen atoms in total. The zero-order valence-electron chi connectivity index (χ0n) is 7.61. The van der Waals surface area contributed by atoms with Crippen molar-refractivity contribution in [2.24, 2.45) is 0 Å². The van der Waals surface area contributed by atoms with Crippen LogP contribution in [0.5, 0.6) is 0 Å². The van der Waals surface area contributed by atoms with Crippen molar-refractivity contribution in [2.75, 3.05) is 0 Å². The number of alkyl halides is 2. The molecule has 0 radical (unpaired) electrons. The van der Waals surface area contributed by atoms with E-state index in [4.69, 9.17) is 0 Å². The van der Waals surface area contributed by atoms with E-state index in [1.165, 1.54) is 0 Å². The molecule has 2 heteroatoms. The predicted octanol–water partition coefficient (Wildman–Crippen LogP) is 3.42. The molecule has 0 heterocycles. The van der Waals surface area contributed by atoms with Crippen LogP contribution in [0.4, 0.5) is 8.78 Å². The van der Waals surface area contributed by atoms with Gasteiger partial charge in [0.15, 0.2) is 0 Å². The van der Waals surface area contributed by atoms with Crippen molar-refractivity contribution in [1.82, 2.24) is 0 Å². The fourth-order valence-corrected chi connectivity index (χ4v) is 2.00. The van der Waals surface area contributed by atoms with E-state index < -0.39 is 5.92 Å². The zero-order chi connectivity index (χ0) is 9.47. The minimum absolute atomic E-state index is 0.00343. The van der Waals surface area contributed by atoms with Gasteiger partial charge in [-0.1, -0.05) is 18.2 Å². The van der Waals surface area contributed by atoms with Crippen LogP contribution in [0.25, 0.3) is 0 Å². The van der Waals surface area contributed by atoms with Gasteiger partial charge in [0.1, 0.15) is 0 Å². The van der Waals surface area contributed by atoms with Crippen molar-refractivity contribution in [1.29, 1.82) is 0 Å². The van der Waals surface area contributed by atoms with Crippen LogP contribution in [-0.2, 0) is 12.3 Å². The number of halogens is 2. The molecule has 0 fully saturated rings. The summed E-state index contributed by atoms with van der Waals surface area (Å²) in [6.45, 7) is 1.90. The number of hydrogen-bond donors (Lipinski definition) is 0. The molecule has 1 aromatic carbocycles. The molecule has 0 bridgehead atoms. The number of rotatable bonds is 0. The fourth-order valence-electron chi connectivity index (χ4n) is 2.00. The molecule has 0 unspecified atom stereocenters. The zero-order valence-corrected chi connectivity index (χ0v) is 7.61. The number of benzene rings is 1. The molecule has 0 saturated heterocycles. The average Bonchev–Trinajstić information content (AvgIpc) is 2.06.